The smallest absolute Gasteiger partial charge is 0.246 e. The summed E-state index contributed by atoms with van der Waals surface area (Å²) >= 11 is 1.53. The minimum Gasteiger partial charge on any atom is -0.370 e. The summed E-state index contributed by atoms with van der Waals surface area (Å²) in [5.74, 6) is 0.774. The molecule has 0 aliphatic carbocycles. The normalized spacial score (nSPS) is 25.6. The van der Waals surface area contributed by atoms with Gasteiger partial charge in [0.1, 0.15) is 6.04 Å². The van der Waals surface area contributed by atoms with Gasteiger partial charge in [0.05, 0.1) is 4.75 Å². The first-order valence-corrected chi connectivity index (χ1v) is 8.80. The molecule has 2 rings (SSSR count). The Bertz CT molecular complexity index is 459. The molecule has 0 aromatic rings. The fraction of sp³-hybridized carbons (Fsp3) is 0.800. The number of amides is 3. The number of nitrogens with zero attached hydrogens (tertiary/aromatic N) is 1. The molecule has 124 valence electrons. The standard InChI is InChI=1S/C15H25N3O3S/c1-15(2)14(21)17-11(9-22-15)13(20)18-7-5-10(6-8-18)3-4-12(16)19/h10-11H,3-9H2,1-2H3,(H2,16,19)(H,17,21)/t11-/m1/s1. The van der Waals surface area contributed by atoms with Crippen molar-refractivity contribution in [2.45, 2.75) is 50.3 Å². The zero-order valence-electron chi connectivity index (χ0n) is 13.3. The first-order valence-electron chi connectivity index (χ1n) is 7.81. The average molecular weight is 327 g/mol. The average Bonchev–Trinajstić information content (AvgIpc) is 2.48. The van der Waals surface area contributed by atoms with Crippen molar-refractivity contribution >= 4 is 29.5 Å². The van der Waals surface area contributed by atoms with E-state index in [0.29, 0.717) is 31.2 Å². The van der Waals surface area contributed by atoms with E-state index in [9.17, 15) is 14.4 Å². The molecule has 0 unspecified atom stereocenters. The van der Waals surface area contributed by atoms with Gasteiger partial charge < -0.3 is 16.0 Å². The van der Waals surface area contributed by atoms with E-state index < -0.39 is 10.8 Å². The Morgan fingerprint density at radius 1 is 1.36 bits per heavy atom. The summed E-state index contributed by atoms with van der Waals surface area (Å²) in [6, 6.07) is -0.410. The van der Waals surface area contributed by atoms with E-state index in [-0.39, 0.29) is 17.7 Å². The van der Waals surface area contributed by atoms with Crippen LogP contribution in [-0.4, -0.2) is 52.3 Å². The van der Waals surface area contributed by atoms with Gasteiger partial charge in [-0.1, -0.05) is 0 Å². The Balaban J connectivity index is 1.80. The fourth-order valence-electron chi connectivity index (χ4n) is 2.87. The summed E-state index contributed by atoms with van der Waals surface area (Å²) in [6.07, 6.45) is 3.03. The van der Waals surface area contributed by atoms with E-state index in [0.717, 1.165) is 19.3 Å². The van der Waals surface area contributed by atoms with Crippen LogP contribution in [0.1, 0.15) is 39.5 Å². The number of hydrogen-bond acceptors (Lipinski definition) is 4. The Hall–Kier alpha value is -1.24. The van der Waals surface area contributed by atoms with Gasteiger partial charge in [-0.3, -0.25) is 14.4 Å². The van der Waals surface area contributed by atoms with Gasteiger partial charge in [0.25, 0.3) is 0 Å². The number of carbonyl (C=O) groups is 3. The van der Waals surface area contributed by atoms with E-state index >= 15 is 0 Å². The molecule has 1 atom stereocenters. The highest BCUT2D eigenvalue weighted by Gasteiger charge is 2.39. The molecule has 22 heavy (non-hydrogen) atoms. The van der Waals surface area contributed by atoms with Gasteiger partial charge in [-0.25, -0.2) is 0 Å². The quantitative estimate of drug-likeness (QED) is 0.786. The van der Waals surface area contributed by atoms with Crippen molar-refractivity contribution in [3.8, 4) is 0 Å². The minimum absolute atomic E-state index is 0.0182. The number of hydrogen-bond donors (Lipinski definition) is 2. The number of primary amides is 1. The van der Waals surface area contributed by atoms with Gasteiger partial charge in [0, 0.05) is 25.3 Å². The van der Waals surface area contributed by atoms with E-state index in [1.807, 2.05) is 18.7 Å². The third-order valence-electron chi connectivity index (χ3n) is 4.49. The highest BCUT2D eigenvalue weighted by atomic mass is 32.2. The minimum atomic E-state index is -0.460. The molecule has 0 aromatic heterocycles. The molecular weight excluding hydrogens is 302 g/mol. The van der Waals surface area contributed by atoms with Gasteiger partial charge in [0.2, 0.25) is 17.7 Å². The van der Waals surface area contributed by atoms with Gasteiger partial charge in [-0.05, 0) is 39.0 Å². The lowest BCUT2D eigenvalue weighted by molar-refractivity contribution is -0.137. The van der Waals surface area contributed by atoms with E-state index in [2.05, 4.69) is 5.32 Å². The molecule has 2 saturated heterocycles. The van der Waals surface area contributed by atoms with Crippen molar-refractivity contribution in [3.63, 3.8) is 0 Å². The zero-order chi connectivity index (χ0) is 16.3. The van der Waals surface area contributed by atoms with E-state index in [1.165, 1.54) is 11.8 Å². The SMILES string of the molecule is CC1(C)SC[C@H](C(=O)N2CCC(CCC(N)=O)CC2)NC1=O. The Morgan fingerprint density at radius 2 is 2.00 bits per heavy atom. The topological polar surface area (TPSA) is 92.5 Å². The summed E-state index contributed by atoms with van der Waals surface area (Å²) in [4.78, 5) is 37.1. The summed E-state index contributed by atoms with van der Waals surface area (Å²) < 4.78 is -0.460. The molecule has 2 heterocycles. The van der Waals surface area contributed by atoms with Crippen molar-refractivity contribution in [2.75, 3.05) is 18.8 Å². The predicted octanol–water partition coefficient (Wildman–Crippen LogP) is 0.501. The molecule has 3 amide bonds. The van der Waals surface area contributed by atoms with Crippen LogP contribution in [0.5, 0.6) is 0 Å². The van der Waals surface area contributed by atoms with Gasteiger partial charge >= 0.3 is 0 Å². The number of rotatable bonds is 4. The maximum Gasteiger partial charge on any atom is 0.246 e. The number of likely N-dealkylation sites (tertiary alicyclic amines) is 1. The van der Waals surface area contributed by atoms with Crippen LogP contribution in [0, 0.1) is 5.92 Å². The van der Waals surface area contributed by atoms with Gasteiger partial charge in [-0.15, -0.1) is 11.8 Å². The third-order valence-corrected chi connectivity index (χ3v) is 5.89. The lowest BCUT2D eigenvalue weighted by atomic mass is 9.92. The fourth-order valence-corrected chi connectivity index (χ4v) is 3.87. The van der Waals surface area contributed by atoms with Crippen LogP contribution >= 0.6 is 11.8 Å². The van der Waals surface area contributed by atoms with Crippen LogP contribution in [0.4, 0.5) is 0 Å². The number of nitrogens with two attached hydrogens (primary N) is 1. The van der Waals surface area contributed by atoms with Gasteiger partial charge in [-0.2, -0.15) is 0 Å². The van der Waals surface area contributed by atoms with Crippen molar-refractivity contribution in [2.24, 2.45) is 11.7 Å². The zero-order valence-corrected chi connectivity index (χ0v) is 14.1. The second kappa shape index (κ2) is 6.89. The third kappa shape index (κ3) is 4.15. The second-order valence-corrected chi connectivity index (χ2v) is 8.26. The van der Waals surface area contributed by atoms with Crippen LogP contribution in [-0.2, 0) is 14.4 Å². The summed E-state index contributed by atoms with van der Waals surface area (Å²) in [7, 11) is 0. The van der Waals surface area contributed by atoms with Gasteiger partial charge in [0.15, 0.2) is 0 Å². The molecule has 0 radical (unpaired) electrons. The molecule has 2 aliphatic rings. The monoisotopic (exact) mass is 327 g/mol. The highest BCUT2D eigenvalue weighted by molar-refractivity contribution is 8.01. The molecule has 3 N–H and O–H groups in total. The largest absolute Gasteiger partial charge is 0.370 e. The number of carbonyl (C=O) groups excluding carboxylic acids is 3. The second-order valence-electron chi connectivity index (χ2n) is 6.62. The molecule has 7 heteroatoms. The Kier molecular flexibility index (Phi) is 5.36. The Labute approximate surface area is 135 Å². The van der Waals surface area contributed by atoms with Crippen molar-refractivity contribution in [1.82, 2.24) is 10.2 Å². The predicted molar refractivity (Wildman–Crippen MR) is 86.2 cm³/mol. The number of thioether (sulfide) groups is 1. The molecule has 6 nitrogen and oxygen atoms in total. The summed E-state index contributed by atoms with van der Waals surface area (Å²) in [5.41, 5.74) is 5.17. The van der Waals surface area contributed by atoms with Crippen LogP contribution in [0.25, 0.3) is 0 Å². The van der Waals surface area contributed by atoms with Crippen LogP contribution in [0.15, 0.2) is 0 Å². The number of nitrogens with one attached hydrogen (secondary N) is 1. The lowest BCUT2D eigenvalue weighted by Gasteiger charge is -2.38. The molecular formula is C15H25N3O3S. The van der Waals surface area contributed by atoms with Crippen LogP contribution in [0.2, 0.25) is 0 Å². The summed E-state index contributed by atoms with van der Waals surface area (Å²) in [6.45, 7) is 5.14. The van der Waals surface area contributed by atoms with Crippen LogP contribution < -0.4 is 11.1 Å². The first kappa shape index (κ1) is 17.1. The van der Waals surface area contributed by atoms with Crippen molar-refractivity contribution < 1.29 is 14.4 Å². The van der Waals surface area contributed by atoms with Crippen molar-refractivity contribution in [1.29, 1.82) is 0 Å². The maximum atomic E-state index is 12.5. The Morgan fingerprint density at radius 3 is 2.55 bits per heavy atom. The molecule has 2 fully saturated rings. The molecule has 2 aliphatic heterocycles. The first-order chi connectivity index (χ1) is 10.3. The molecule has 0 spiro atoms. The highest BCUT2D eigenvalue weighted by Crippen LogP contribution is 2.30. The van der Waals surface area contributed by atoms with E-state index in [1.54, 1.807) is 0 Å². The lowest BCUT2D eigenvalue weighted by Crippen LogP contribution is -2.58. The van der Waals surface area contributed by atoms with Crippen LogP contribution in [0.3, 0.4) is 0 Å². The molecule has 0 aromatic carbocycles. The maximum absolute atomic E-state index is 12.5. The summed E-state index contributed by atoms with van der Waals surface area (Å²) in [5, 5.41) is 2.84. The van der Waals surface area contributed by atoms with Crippen molar-refractivity contribution in [3.05, 3.63) is 0 Å². The van der Waals surface area contributed by atoms with E-state index in [4.69, 9.17) is 5.73 Å². The molecule has 0 saturated carbocycles. The molecule has 0 bridgehead atoms. The number of piperidine rings is 1.